The van der Waals surface area contributed by atoms with Gasteiger partial charge in [0.25, 0.3) is 0 Å². The second-order valence-electron chi connectivity index (χ2n) is 5.31. The van der Waals surface area contributed by atoms with E-state index < -0.39 is 0 Å². The minimum Gasteiger partial charge on any atom is -0.390 e. The summed E-state index contributed by atoms with van der Waals surface area (Å²) in [7, 11) is 0. The van der Waals surface area contributed by atoms with Crippen LogP contribution in [0.4, 0.5) is 0 Å². The molecule has 2 unspecified atom stereocenters. The maximum Gasteiger partial charge on any atom is 0.0831 e. The second kappa shape index (κ2) is 9.76. The van der Waals surface area contributed by atoms with Crippen LogP contribution in [0.25, 0.3) is 0 Å². The Morgan fingerprint density at radius 2 is 1.94 bits per heavy atom. The minimum absolute atomic E-state index is 0.0260. The monoisotopic (exact) mass is 258 g/mol. The van der Waals surface area contributed by atoms with Gasteiger partial charge in [0.2, 0.25) is 0 Å². The Morgan fingerprint density at radius 1 is 1.22 bits per heavy atom. The third kappa shape index (κ3) is 6.17. The Kier molecular flexibility index (Phi) is 8.64. The lowest BCUT2D eigenvalue weighted by molar-refractivity contribution is -0.0382. The van der Waals surface area contributed by atoms with Crippen molar-refractivity contribution in [2.75, 3.05) is 19.8 Å². The highest BCUT2D eigenvalue weighted by Crippen LogP contribution is 2.22. The van der Waals surface area contributed by atoms with Crippen LogP contribution in [0.3, 0.4) is 0 Å². The SMILES string of the molecule is CCOC(CC)C(O)CCCCC1CCOCC1. The standard InChI is InChI=1S/C15H30O3/c1-3-15(18-4-2)14(16)8-6-5-7-13-9-11-17-12-10-13/h13-16H,3-12H2,1-2H3. The Morgan fingerprint density at radius 3 is 2.56 bits per heavy atom. The lowest BCUT2D eigenvalue weighted by Gasteiger charge is -2.23. The molecule has 2 atom stereocenters. The zero-order valence-electron chi connectivity index (χ0n) is 12.1. The van der Waals surface area contributed by atoms with E-state index in [1.54, 1.807) is 0 Å². The van der Waals surface area contributed by atoms with Crippen molar-refractivity contribution in [1.29, 1.82) is 0 Å². The maximum atomic E-state index is 10.0. The normalized spacial score (nSPS) is 20.8. The van der Waals surface area contributed by atoms with Crippen molar-refractivity contribution in [2.45, 2.75) is 71.0 Å². The summed E-state index contributed by atoms with van der Waals surface area (Å²) >= 11 is 0. The van der Waals surface area contributed by atoms with Gasteiger partial charge in [-0.15, -0.1) is 0 Å². The molecule has 0 aliphatic carbocycles. The number of aliphatic hydroxyl groups is 1. The van der Waals surface area contributed by atoms with Crippen LogP contribution in [0, 0.1) is 5.92 Å². The first-order valence-corrected chi connectivity index (χ1v) is 7.65. The summed E-state index contributed by atoms with van der Waals surface area (Å²) in [5.74, 6) is 0.852. The van der Waals surface area contributed by atoms with Gasteiger partial charge in [-0.2, -0.15) is 0 Å². The van der Waals surface area contributed by atoms with E-state index >= 15 is 0 Å². The first-order valence-electron chi connectivity index (χ1n) is 7.65. The number of aliphatic hydroxyl groups excluding tert-OH is 1. The Bertz CT molecular complexity index is 190. The van der Waals surface area contributed by atoms with E-state index in [-0.39, 0.29) is 12.2 Å². The number of rotatable bonds is 9. The van der Waals surface area contributed by atoms with Crippen LogP contribution in [0.1, 0.15) is 58.8 Å². The van der Waals surface area contributed by atoms with Crippen molar-refractivity contribution in [3.8, 4) is 0 Å². The Hall–Kier alpha value is -0.120. The molecular formula is C15H30O3. The molecule has 1 aliphatic heterocycles. The van der Waals surface area contributed by atoms with Crippen LogP contribution in [-0.4, -0.2) is 37.1 Å². The van der Waals surface area contributed by atoms with E-state index in [4.69, 9.17) is 9.47 Å². The maximum absolute atomic E-state index is 10.0. The third-order valence-electron chi connectivity index (χ3n) is 3.92. The molecule has 0 amide bonds. The zero-order chi connectivity index (χ0) is 13.2. The molecule has 3 nitrogen and oxygen atoms in total. The van der Waals surface area contributed by atoms with Gasteiger partial charge in [0, 0.05) is 19.8 Å². The molecule has 0 aromatic carbocycles. The lowest BCUT2D eigenvalue weighted by Crippen LogP contribution is -2.28. The summed E-state index contributed by atoms with van der Waals surface area (Å²) in [5, 5.41) is 10.0. The van der Waals surface area contributed by atoms with Crippen molar-refractivity contribution in [3.05, 3.63) is 0 Å². The molecule has 1 saturated heterocycles. The third-order valence-corrected chi connectivity index (χ3v) is 3.92. The van der Waals surface area contributed by atoms with Crippen LogP contribution in [-0.2, 0) is 9.47 Å². The zero-order valence-corrected chi connectivity index (χ0v) is 12.1. The van der Waals surface area contributed by atoms with Crippen LogP contribution >= 0.6 is 0 Å². The fraction of sp³-hybridized carbons (Fsp3) is 1.00. The van der Waals surface area contributed by atoms with Crippen molar-refractivity contribution in [1.82, 2.24) is 0 Å². The number of hydrogen-bond donors (Lipinski definition) is 1. The minimum atomic E-state index is -0.287. The predicted octanol–water partition coefficient (Wildman–Crippen LogP) is 3.15. The molecule has 1 fully saturated rings. The summed E-state index contributed by atoms with van der Waals surface area (Å²) in [5.41, 5.74) is 0. The van der Waals surface area contributed by atoms with E-state index in [1.165, 1.54) is 25.7 Å². The highest BCUT2D eigenvalue weighted by atomic mass is 16.5. The average molecular weight is 258 g/mol. The molecule has 108 valence electrons. The van der Waals surface area contributed by atoms with Gasteiger partial charge in [-0.3, -0.25) is 0 Å². The molecule has 0 saturated carbocycles. The molecule has 1 heterocycles. The average Bonchev–Trinajstić information content (AvgIpc) is 2.42. The summed E-state index contributed by atoms with van der Waals surface area (Å²) in [6, 6.07) is 0. The molecule has 1 N–H and O–H groups in total. The quantitative estimate of drug-likeness (QED) is 0.646. The molecule has 3 heteroatoms. The summed E-state index contributed by atoms with van der Waals surface area (Å²) in [4.78, 5) is 0. The largest absolute Gasteiger partial charge is 0.390 e. The van der Waals surface area contributed by atoms with E-state index in [1.807, 2.05) is 6.92 Å². The molecule has 0 radical (unpaired) electrons. The van der Waals surface area contributed by atoms with Crippen LogP contribution in [0.5, 0.6) is 0 Å². The van der Waals surface area contributed by atoms with Gasteiger partial charge >= 0.3 is 0 Å². The summed E-state index contributed by atoms with van der Waals surface area (Å²) in [6.45, 7) is 6.63. The number of unbranched alkanes of at least 4 members (excludes halogenated alkanes) is 1. The van der Waals surface area contributed by atoms with Gasteiger partial charge in [-0.05, 0) is 38.5 Å². The Balaban J connectivity index is 2.05. The van der Waals surface area contributed by atoms with Crippen molar-refractivity contribution >= 4 is 0 Å². The van der Waals surface area contributed by atoms with Crippen LogP contribution in [0.2, 0.25) is 0 Å². The second-order valence-corrected chi connectivity index (χ2v) is 5.31. The van der Waals surface area contributed by atoms with Gasteiger partial charge < -0.3 is 14.6 Å². The van der Waals surface area contributed by atoms with Gasteiger partial charge in [0.15, 0.2) is 0 Å². The summed E-state index contributed by atoms with van der Waals surface area (Å²) in [6.07, 6.45) is 7.59. The van der Waals surface area contributed by atoms with Crippen molar-refractivity contribution in [2.24, 2.45) is 5.92 Å². The molecule has 1 aliphatic rings. The molecule has 0 aromatic rings. The molecule has 0 bridgehead atoms. The molecule has 18 heavy (non-hydrogen) atoms. The van der Waals surface area contributed by atoms with Gasteiger partial charge in [-0.1, -0.05) is 26.2 Å². The first-order chi connectivity index (χ1) is 8.77. The van der Waals surface area contributed by atoms with Gasteiger partial charge in [0.05, 0.1) is 12.2 Å². The Labute approximate surface area is 112 Å². The molecular weight excluding hydrogens is 228 g/mol. The first kappa shape index (κ1) is 15.9. The van der Waals surface area contributed by atoms with Gasteiger partial charge in [0.1, 0.15) is 0 Å². The van der Waals surface area contributed by atoms with E-state index in [9.17, 15) is 5.11 Å². The molecule has 0 spiro atoms. The lowest BCUT2D eigenvalue weighted by atomic mass is 9.93. The summed E-state index contributed by atoms with van der Waals surface area (Å²) < 4.78 is 10.9. The fourth-order valence-corrected chi connectivity index (χ4v) is 2.72. The smallest absolute Gasteiger partial charge is 0.0831 e. The topological polar surface area (TPSA) is 38.7 Å². The molecule has 0 aromatic heterocycles. The van der Waals surface area contributed by atoms with Crippen LogP contribution in [0.15, 0.2) is 0 Å². The predicted molar refractivity (Wildman–Crippen MR) is 73.7 cm³/mol. The van der Waals surface area contributed by atoms with Crippen molar-refractivity contribution in [3.63, 3.8) is 0 Å². The van der Waals surface area contributed by atoms with Crippen molar-refractivity contribution < 1.29 is 14.6 Å². The fourth-order valence-electron chi connectivity index (χ4n) is 2.72. The molecule has 1 rings (SSSR count). The van der Waals surface area contributed by atoms with E-state index in [2.05, 4.69) is 6.92 Å². The highest BCUT2D eigenvalue weighted by Gasteiger charge is 2.18. The number of ether oxygens (including phenoxy) is 2. The van der Waals surface area contributed by atoms with E-state index in [0.29, 0.717) is 6.61 Å². The van der Waals surface area contributed by atoms with E-state index in [0.717, 1.165) is 38.4 Å². The van der Waals surface area contributed by atoms with Crippen LogP contribution < -0.4 is 0 Å². The van der Waals surface area contributed by atoms with Gasteiger partial charge in [-0.25, -0.2) is 0 Å². The highest BCUT2D eigenvalue weighted by molar-refractivity contribution is 4.69. The number of hydrogen-bond acceptors (Lipinski definition) is 3.